The lowest BCUT2D eigenvalue weighted by Gasteiger charge is -2.09. The van der Waals surface area contributed by atoms with Crippen molar-refractivity contribution in [2.24, 2.45) is 0 Å². The van der Waals surface area contributed by atoms with Crippen LogP contribution < -0.4 is 15.8 Å². The Morgan fingerprint density at radius 1 is 1.19 bits per heavy atom. The van der Waals surface area contributed by atoms with Crippen molar-refractivity contribution in [2.75, 3.05) is 18.9 Å². The average Bonchev–Trinajstić information content (AvgIpc) is 2.53. The molecular weight excluding hydrogens is 266 g/mol. The van der Waals surface area contributed by atoms with E-state index in [9.17, 15) is 4.79 Å². The third-order valence-electron chi connectivity index (χ3n) is 2.84. The second-order valence-electron chi connectivity index (χ2n) is 4.33. The molecule has 0 saturated carbocycles. The van der Waals surface area contributed by atoms with Gasteiger partial charge in [-0.25, -0.2) is 0 Å². The first-order valence-corrected chi connectivity index (χ1v) is 6.46. The summed E-state index contributed by atoms with van der Waals surface area (Å²) in [6.07, 6.45) is 0. The van der Waals surface area contributed by atoms with Crippen molar-refractivity contribution < 1.29 is 9.53 Å². The van der Waals surface area contributed by atoms with Gasteiger partial charge in [0.05, 0.1) is 23.9 Å². The van der Waals surface area contributed by atoms with Gasteiger partial charge in [0.1, 0.15) is 12.4 Å². The Hall–Kier alpha value is -3.00. The van der Waals surface area contributed by atoms with Crippen LogP contribution in [0.15, 0.2) is 48.5 Å². The molecule has 0 aromatic heterocycles. The normalized spacial score (nSPS) is 9.67. The number of ether oxygens (including phenoxy) is 1. The van der Waals surface area contributed by atoms with Crippen LogP contribution in [0.2, 0.25) is 0 Å². The molecule has 2 rings (SSSR count). The first-order valence-electron chi connectivity index (χ1n) is 6.46. The van der Waals surface area contributed by atoms with Gasteiger partial charge in [0.15, 0.2) is 0 Å². The molecule has 0 aliphatic heterocycles. The Labute approximate surface area is 123 Å². The molecule has 0 unspecified atom stereocenters. The number of rotatable bonds is 5. The van der Waals surface area contributed by atoms with Crippen LogP contribution in [0.3, 0.4) is 0 Å². The minimum absolute atomic E-state index is 0.205. The fraction of sp³-hybridized carbons (Fsp3) is 0.125. The molecule has 2 aromatic rings. The van der Waals surface area contributed by atoms with E-state index < -0.39 is 0 Å². The van der Waals surface area contributed by atoms with Gasteiger partial charge < -0.3 is 15.8 Å². The summed E-state index contributed by atoms with van der Waals surface area (Å²) in [5, 5.41) is 11.4. The molecule has 5 nitrogen and oxygen atoms in total. The zero-order valence-electron chi connectivity index (χ0n) is 11.4. The van der Waals surface area contributed by atoms with Gasteiger partial charge >= 0.3 is 0 Å². The van der Waals surface area contributed by atoms with Crippen LogP contribution in [0.1, 0.15) is 15.9 Å². The largest absolute Gasteiger partial charge is 0.490 e. The van der Waals surface area contributed by atoms with Crippen LogP contribution in [0, 0.1) is 11.3 Å². The lowest BCUT2D eigenvalue weighted by molar-refractivity contribution is 0.0947. The van der Waals surface area contributed by atoms with Crippen LogP contribution in [-0.4, -0.2) is 19.1 Å². The van der Waals surface area contributed by atoms with Gasteiger partial charge in [-0.05, 0) is 36.4 Å². The maximum absolute atomic E-state index is 11.8. The van der Waals surface area contributed by atoms with E-state index in [1.54, 1.807) is 36.4 Å². The zero-order valence-corrected chi connectivity index (χ0v) is 11.4. The van der Waals surface area contributed by atoms with Gasteiger partial charge in [-0.1, -0.05) is 12.1 Å². The van der Waals surface area contributed by atoms with Crippen molar-refractivity contribution in [3.05, 3.63) is 59.7 Å². The summed E-state index contributed by atoms with van der Waals surface area (Å²) < 4.78 is 5.48. The molecule has 0 bridgehead atoms. The Morgan fingerprint density at radius 3 is 2.57 bits per heavy atom. The van der Waals surface area contributed by atoms with Gasteiger partial charge in [0.2, 0.25) is 0 Å². The van der Waals surface area contributed by atoms with E-state index in [2.05, 4.69) is 5.32 Å². The van der Waals surface area contributed by atoms with Crippen molar-refractivity contribution >= 4 is 11.6 Å². The monoisotopic (exact) mass is 281 g/mol. The van der Waals surface area contributed by atoms with Crippen LogP contribution in [-0.2, 0) is 0 Å². The highest BCUT2D eigenvalue weighted by Gasteiger charge is 2.05. The summed E-state index contributed by atoms with van der Waals surface area (Å²) in [7, 11) is 0. The molecule has 0 heterocycles. The molecule has 0 aliphatic carbocycles. The van der Waals surface area contributed by atoms with E-state index in [4.69, 9.17) is 15.7 Å². The first-order chi connectivity index (χ1) is 10.2. The molecule has 0 aliphatic rings. The lowest BCUT2D eigenvalue weighted by atomic mass is 10.1. The van der Waals surface area contributed by atoms with E-state index in [1.807, 2.05) is 18.2 Å². The van der Waals surface area contributed by atoms with E-state index in [-0.39, 0.29) is 5.91 Å². The number of nitrogen functional groups attached to an aromatic ring is 1. The Bertz CT molecular complexity index is 660. The van der Waals surface area contributed by atoms with E-state index in [1.165, 1.54) is 0 Å². The molecule has 5 heteroatoms. The van der Waals surface area contributed by atoms with Crippen molar-refractivity contribution in [2.45, 2.75) is 0 Å². The first kappa shape index (κ1) is 14.4. The summed E-state index contributed by atoms with van der Waals surface area (Å²) in [5.41, 5.74) is 7.34. The van der Waals surface area contributed by atoms with Gasteiger partial charge in [-0.2, -0.15) is 5.26 Å². The van der Waals surface area contributed by atoms with Crippen molar-refractivity contribution in [3.8, 4) is 11.8 Å². The quantitative estimate of drug-likeness (QED) is 0.647. The van der Waals surface area contributed by atoms with Gasteiger partial charge in [0, 0.05) is 5.56 Å². The molecule has 0 spiro atoms. The molecule has 0 radical (unpaired) electrons. The predicted octanol–water partition coefficient (Wildman–Crippen LogP) is 1.95. The summed E-state index contributed by atoms with van der Waals surface area (Å²) >= 11 is 0. The highest BCUT2D eigenvalue weighted by molar-refractivity contribution is 5.94. The lowest BCUT2D eigenvalue weighted by Crippen LogP contribution is -2.28. The molecule has 1 amide bonds. The zero-order chi connectivity index (χ0) is 15.1. The SMILES string of the molecule is N#Cc1ccc(C(=O)NCCOc2ccccc2N)cc1. The number of nitrogens with one attached hydrogen (secondary N) is 1. The molecule has 2 aromatic carbocycles. The van der Waals surface area contributed by atoms with Crippen LogP contribution >= 0.6 is 0 Å². The molecule has 21 heavy (non-hydrogen) atoms. The third kappa shape index (κ3) is 3.98. The van der Waals surface area contributed by atoms with Crippen molar-refractivity contribution in [1.82, 2.24) is 5.32 Å². The second kappa shape index (κ2) is 6.96. The highest BCUT2D eigenvalue weighted by atomic mass is 16.5. The van der Waals surface area contributed by atoms with Crippen LogP contribution in [0.4, 0.5) is 5.69 Å². The summed E-state index contributed by atoms with van der Waals surface area (Å²) in [6, 6.07) is 15.6. The van der Waals surface area contributed by atoms with Crippen molar-refractivity contribution in [1.29, 1.82) is 5.26 Å². The number of nitriles is 1. The predicted molar refractivity (Wildman–Crippen MR) is 79.8 cm³/mol. The fourth-order valence-corrected chi connectivity index (χ4v) is 1.74. The van der Waals surface area contributed by atoms with E-state index >= 15 is 0 Å². The standard InChI is InChI=1S/C16H15N3O2/c17-11-12-5-7-13(8-6-12)16(20)19-9-10-21-15-4-2-1-3-14(15)18/h1-8H,9-10,18H2,(H,19,20). The minimum Gasteiger partial charge on any atom is -0.490 e. The van der Waals surface area contributed by atoms with Gasteiger partial charge in [-0.3, -0.25) is 4.79 Å². The van der Waals surface area contributed by atoms with E-state index in [0.29, 0.717) is 35.7 Å². The smallest absolute Gasteiger partial charge is 0.251 e. The number of nitrogens with zero attached hydrogens (tertiary/aromatic N) is 1. The molecular formula is C16H15N3O2. The molecule has 0 atom stereocenters. The number of nitrogens with two attached hydrogens (primary N) is 1. The number of carbonyl (C=O) groups excluding carboxylic acids is 1. The summed E-state index contributed by atoms with van der Waals surface area (Å²) in [6.45, 7) is 0.698. The van der Waals surface area contributed by atoms with Gasteiger partial charge in [-0.15, -0.1) is 0 Å². The number of benzene rings is 2. The fourth-order valence-electron chi connectivity index (χ4n) is 1.74. The summed E-state index contributed by atoms with van der Waals surface area (Å²) in [4.78, 5) is 11.8. The number of hydrogen-bond acceptors (Lipinski definition) is 4. The number of carbonyl (C=O) groups is 1. The summed E-state index contributed by atoms with van der Waals surface area (Å²) in [5.74, 6) is 0.397. The Kier molecular flexibility index (Phi) is 4.78. The number of para-hydroxylation sites is 2. The number of amides is 1. The van der Waals surface area contributed by atoms with Crippen LogP contribution in [0.5, 0.6) is 5.75 Å². The van der Waals surface area contributed by atoms with Crippen molar-refractivity contribution in [3.63, 3.8) is 0 Å². The maximum Gasteiger partial charge on any atom is 0.251 e. The molecule has 106 valence electrons. The van der Waals surface area contributed by atoms with Gasteiger partial charge in [0.25, 0.3) is 5.91 Å². The number of hydrogen-bond donors (Lipinski definition) is 2. The molecule has 3 N–H and O–H groups in total. The minimum atomic E-state index is -0.205. The van der Waals surface area contributed by atoms with Crippen LogP contribution in [0.25, 0.3) is 0 Å². The topological polar surface area (TPSA) is 88.1 Å². The third-order valence-corrected chi connectivity index (χ3v) is 2.84. The Balaban J connectivity index is 1.79. The molecule has 0 saturated heterocycles. The maximum atomic E-state index is 11.8. The molecule has 0 fully saturated rings. The average molecular weight is 281 g/mol. The van der Waals surface area contributed by atoms with E-state index in [0.717, 1.165) is 0 Å². The Morgan fingerprint density at radius 2 is 1.90 bits per heavy atom. The number of anilines is 1. The highest BCUT2D eigenvalue weighted by Crippen LogP contribution is 2.19. The second-order valence-corrected chi connectivity index (χ2v) is 4.33.